The molecular weight excluding hydrogens is 170 g/mol. The van der Waals surface area contributed by atoms with Gasteiger partial charge in [-0.1, -0.05) is 5.10 Å². The van der Waals surface area contributed by atoms with Crippen LogP contribution in [0.25, 0.3) is 0 Å². The lowest BCUT2D eigenvalue weighted by Gasteiger charge is -2.01. The van der Waals surface area contributed by atoms with Crippen molar-refractivity contribution in [3.8, 4) is 0 Å². The molecule has 0 unspecified atom stereocenters. The quantitative estimate of drug-likeness (QED) is 0.641. The standard InChI is InChI=1S/C6H9N7/c1-12-5(2-3-8-12)4-13-6(7)9-10-11-13/h2-3H,4H2,1H3,(H2,7,9,11). The van der Waals surface area contributed by atoms with Crippen LogP contribution in [0.3, 0.4) is 0 Å². The topological polar surface area (TPSA) is 87.4 Å². The smallest absolute Gasteiger partial charge is 0.240 e. The minimum atomic E-state index is 0.307. The zero-order chi connectivity index (χ0) is 9.26. The molecule has 0 aliphatic carbocycles. The predicted octanol–water partition coefficient (Wildman–Crippen LogP) is -0.963. The molecule has 2 rings (SSSR count). The van der Waals surface area contributed by atoms with Gasteiger partial charge in [0.05, 0.1) is 12.2 Å². The Morgan fingerprint density at radius 2 is 2.38 bits per heavy atom. The summed E-state index contributed by atoms with van der Waals surface area (Å²) in [5.41, 5.74) is 6.50. The van der Waals surface area contributed by atoms with E-state index in [-0.39, 0.29) is 0 Å². The maximum absolute atomic E-state index is 5.50. The van der Waals surface area contributed by atoms with Crippen LogP contribution in [-0.4, -0.2) is 30.0 Å². The van der Waals surface area contributed by atoms with E-state index in [1.54, 1.807) is 10.9 Å². The number of nitrogens with zero attached hydrogens (tertiary/aromatic N) is 6. The molecule has 0 aromatic carbocycles. The summed E-state index contributed by atoms with van der Waals surface area (Å²) in [6.07, 6.45) is 1.72. The van der Waals surface area contributed by atoms with Crippen molar-refractivity contribution >= 4 is 5.95 Å². The van der Waals surface area contributed by atoms with E-state index in [4.69, 9.17) is 5.73 Å². The lowest BCUT2D eigenvalue weighted by Crippen LogP contribution is -2.09. The monoisotopic (exact) mass is 179 g/mol. The number of aryl methyl sites for hydroxylation is 1. The molecule has 0 aliphatic rings. The van der Waals surface area contributed by atoms with Crippen molar-refractivity contribution in [2.24, 2.45) is 7.05 Å². The highest BCUT2D eigenvalue weighted by Crippen LogP contribution is 2.01. The molecule has 0 bridgehead atoms. The van der Waals surface area contributed by atoms with Crippen LogP contribution < -0.4 is 5.73 Å². The number of aromatic nitrogens is 6. The van der Waals surface area contributed by atoms with Gasteiger partial charge >= 0.3 is 0 Å². The second-order valence-corrected chi connectivity index (χ2v) is 2.64. The molecule has 0 amide bonds. The van der Waals surface area contributed by atoms with Gasteiger partial charge in [-0.2, -0.15) is 5.10 Å². The molecular formula is C6H9N7. The van der Waals surface area contributed by atoms with E-state index < -0.39 is 0 Å². The van der Waals surface area contributed by atoms with Crippen molar-refractivity contribution in [1.29, 1.82) is 0 Å². The van der Waals surface area contributed by atoms with Crippen LogP contribution in [-0.2, 0) is 13.6 Å². The number of nitrogens with two attached hydrogens (primary N) is 1. The first-order chi connectivity index (χ1) is 6.27. The van der Waals surface area contributed by atoms with Gasteiger partial charge in [0, 0.05) is 13.2 Å². The number of hydrogen-bond acceptors (Lipinski definition) is 5. The van der Waals surface area contributed by atoms with E-state index in [1.807, 2.05) is 13.1 Å². The Morgan fingerprint density at radius 3 is 2.92 bits per heavy atom. The fraction of sp³-hybridized carbons (Fsp3) is 0.333. The Morgan fingerprint density at radius 1 is 1.54 bits per heavy atom. The second kappa shape index (κ2) is 2.85. The highest BCUT2D eigenvalue weighted by atomic mass is 15.6. The summed E-state index contributed by atoms with van der Waals surface area (Å²) in [5, 5.41) is 14.8. The average molecular weight is 179 g/mol. The Hall–Kier alpha value is -1.92. The zero-order valence-electron chi connectivity index (χ0n) is 7.12. The lowest BCUT2D eigenvalue weighted by atomic mass is 10.4. The van der Waals surface area contributed by atoms with Crippen LogP contribution in [0.5, 0.6) is 0 Å². The number of tetrazole rings is 1. The van der Waals surface area contributed by atoms with Gasteiger partial charge in [0.25, 0.3) is 0 Å². The van der Waals surface area contributed by atoms with Gasteiger partial charge in [0.1, 0.15) is 0 Å². The van der Waals surface area contributed by atoms with Crippen LogP contribution >= 0.6 is 0 Å². The highest BCUT2D eigenvalue weighted by molar-refractivity contribution is 5.13. The highest BCUT2D eigenvalue weighted by Gasteiger charge is 2.04. The van der Waals surface area contributed by atoms with Gasteiger partial charge in [0.2, 0.25) is 5.95 Å². The van der Waals surface area contributed by atoms with E-state index >= 15 is 0 Å². The van der Waals surface area contributed by atoms with Crippen LogP contribution in [0.15, 0.2) is 12.3 Å². The molecule has 13 heavy (non-hydrogen) atoms. The Balaban J connectivity index is 2.24. The summed E-state index contributed by atoms with van der Waals surface area (Å²) in [5.74, 6) is 0.307. The van der Waals surface area contributed by atoms with E-state index in [1.165, 1.54) is 4.68 Å². The molecule has 0 spiro atoms. The van der Waals surface area contributed by atoms with Gasteiger partial charge in [-0.3, -0.25) is 4.68 Å². The first-order valence-corrected chi connectivity index (χ1v) is 3.76. The molecule has 0 fully saturated rings. The third-order valence-electron chi connectivity index (χ3n) is 1.79. The van der Waals surface area contributed by atoms with E-state index in [0.717, 1.165) is 5.69 Å². The molecule has 0 aliphatic heterocycles. The number of anilines is 1. The fourth-order valence-corrected chi connectivity index (χ4v) is 1.03. The van der Waals surface area contributed by atoms with Crippen LogP contribution in [0.1, 0.15) is 5.69 Å². The fourth-order valence-electron chi connectivity index (χ4n) is 1.03. The van der Waals surface area contributed by atoms with Crippen molar-refractivity contribution < 1.29 is 0 Å². The molecule has 2 heterocycles. The molecule has 7 nitrogen and oxygen atoms in total. The molecule has 7 heteroatoms. The van der Waals surface area contributed by atoms with Gasteiger partial charge in [-0.15, -0.1) is 0 Å². The van der Waals surface area contributed by atoms with Gasteiger partial charge in [0.15, 0.2) is 0 Å². The molecule has 0 radical (unpaired) electrons. The lowest BCUT2D eigenvalue weighted by molar-refractivity contribution is 0.605. The molecule has 2 N–H and O–H groups in total. The van der Waals surface area contributed by atoms with Crippen molar-refractivity contribution in [3.05, 3.63) is 18.0 Å². The van der Waals surface area contributed by atoms with Crippen LogP contribution in [0.4, 0.5) is 5.95 Å². The molecule has 2 aromatic rings. The number of hydrogen-bond donors (Lipinski definition) is 1. The van der Waals surface area contributed by atoms with Crippen molar-refractivity contribution in [1.82, 2.24) is 30.0 Å². The normalized spacial score (nSPS) is 10.5. The summed E-state index contributed by atoms with van der Waals surface area (Å²) < 4.78 is 3.26. The summed E-state index contributed by atoms with van der Waals surface area (Å²) >= 11 is 0. The third-order valence-corrected chi connectivity index (χ3v) is 1.79. The molecule has 68 valence electrons. The molecule has 0 saturated carbocycles. The summed E-state index contributed by atoms with van der Waals surface area (Å²) in [6, 6.07) is 1.89. The minimum absolute atomic E-state index is 0.307. The first kappa shape index (κ1) is 7.71. The van der Waals surface area contributed by atoms with Crippen LogP contribution in [0, 0.1) is 0 Å². The van der Waals surface area contributed by atoms with Crippen LogP contribution in [0.2, 0.25) is 0 Å². The summed E-state index contributed by atoms with van der Waals surface area (Å²) in [4.78, 5) is 0. The van der Waals surface area contributed by atoms with Gasteiger partial charge in [-0.25, -0.2) is 4.68 Å². The van der Waals surface area contributed by atoms with E-state index in [2.05, 4.69) is 20.6 Å². The Bertz CT molecular complexity index is 362. The number of rotatable bonds is 2. The van der Waals surface area contributed by atoms with Crippen molar-refractivity contribution in [2.45, 2.75) is 6.54 Å². The van der Waals surface area contributed by atoms with Gasteiger partial charge < -0.3 is 5.73 Å². The summed E-state index contributed by atoms with van der Waals surface area (Å²) in [6.45, 7) is 0.537. The number of nitrogen functional groups attached to an aromatic ring is 1. The molecule has 0 saturated heterocycles. The average Bonchev–Trinajstić information content (AvgIpc) is 2.65. The molecule has 2 aromatic heterocycles. The first-order valence-electron chi connectivity index (χ1n) is 3.76. The minimum Gasteiger partial charge on any atom is -0.367 e. The maximum atomic E-state index is 5.50. The molecule has 0 atom stereocenters. The summed E-state index contributed by atoms with van der Waals surface area (Å²) in [7, 11) is 1.86. The maximum Gasteiger partial charge on any atom is 0.240 e. The largest absolute Gasteiger partial charge is 0.367 e. The van der Waals surface area contributed by atoms with Crippen molar-refractivity contribution in [3.63, 3.8) is 0 Å². The van der Waals surface area contributed by atoms with Gasteiger partial charge in [-0.05, 0) is 16.5 Å². The van der Waals surface area contributed by atoms with Crippen molar-refractivity contribution in [2.75, 3.05) is 5.73 Å². The Kier molecular flexibility index (Phi) is 1.69. The third kappa shape index (κ3) is 1.35. The predicted molar refractivity (Wildman–Crippen MR) is 44.5 cm³/mol. The second-order valence-electron chi connectivity index (χ2n) is 2.64. The van der Waals surface area contributed by atoms with E-state index in [9.17, 15) is 0 Å². The SMILES string of the molecule is Cn1nccc1Cn1nnnc1N. The Labute approximate surface area is 74.1 Å². The zero-order valence-corrected chi connectivity index (χ0v) is 7.12. The van der Waals surface area contributed by atoms with E-state index in [0.29, 0.717) is 12.5 Å².